The molecule has 0 saturated heterocycles. The van der Waals surface area contributed by atoms with Crippen molar-refractivity contribution in [3.05, 3.63) is 88.8 Å². The largest absolute Gasteiger partial charge is 0.330 e. The first kappa shape index (κ1) is 18.1. The Morgan fingerprint density at radius 2 is 2.00 bits per heavy atom. The van der Waals surface area contributed by atoms with Gasteiger partial charge in [0.2, 0.25) is 0 Å². The first-order valence-electron chi connectivity index (χ1n) is 8.88. The third kappa shape index (κ3) is 4.09. The number of hydrogen-bond acceptors (Lipinski definition) is 3. The van der Waals surface area contributed by atoms with E-state index in [9.17, 15) is 4.79 Å². The van der Waals surface area contributed by atoms with Crippen molar-refractivity contribution in [1.29, 1.82) is 0 Å². The van der Waals surface area contributed by atoms with E-state index in [4.69, 9.17) is 0 Å². The van der Waals surface area contributed by atoms with Gasteiger partial charge in [0.05, 0.1) is 0 Å². The number of allylic oxidation sites excluding steroid dienone is 2. The first-order chi connectivity index (χ1) is 12.6. The highest BCUT2D eigenvalue weighted by molar-refractivity contribution is 6.00. The third-order valence-corrected chi connectivity index (χ3v) is 4.59. The van der Waals surface area contributed by atoms with Gasteiger partial charge < -0.3 is 10.2 Å². The lowest BCUT2D eigenvalue weighted by molar-refractivity contribution is 0.0792. The number of hydrogen-bond donors (Lipinski definition) is 1. The minimum Gasteiger partial charge on any atom is -0.330 e. The van der Waals surface area contributed by atoms with Crippen LogP contribution in [0.4, 0.5) is 0 Å². The highest BCUT2D eigenvalue weighted by Gasteiger charge is 2.29. The van der Waals surface area contributed by atoms with Gasteiger partial charge in [-0.05, 0) is 48.2 Å². The maximum absolute atomic E-state index is 12.7. The van der Waals surface area contributed by atoms with Crippen LogP contribution in [-0.4, -0.2) is 22.3 Å². The Labute approximate surface area is 155 Å². The molecule has 0 unspecified atom stereocenters. The number of aromatic nitrogens is 1. The molecule has 2 heterocycles. The molecule has 1 N–H and O–H groups in total. The van der Waals surface area contributed by atoms with Crippen molar-refractivity contribution < 1.29 is 4.79 Å². The van der Waals surface area contributed by atoms with Crippen LogP contribution in [0, 0.1) is 6.92 Å². The molecular formula is C22H25N3O. The van der Waals surface area contributed by atoms with Crippen LogP contribution in [0.5, 0.6) is 0 Å². The Balaban J connectivity index is 1.68. The van der Waals surface area contributed by atoms with Gasteiger partial charge in [0.15, 0.2) is 0 Å². The molecule has 4 heteroatoms. The van der Waals surface area contributed by atoms with Crippen LogP contribution in [0.1, 0.15) is 39.5 Å². The predicted octanol–water partition coefficient (Wildman–Crippen LogP) is 3.77. The Hall–Kier alpha value is -2.72. The standard InChI is InChI=1S/C22H25N3O/c1-4-5-16(2)14-25-15-20-11-19(10-17(3)21(20)22(25)26)13-24-12-18-6-8-23-9-7-18/h4-11,24H,1,12-15H2,2-3H3/b16-5+. The smallest absolute Gasteiger partial charge is 0.255 e. The molecule has 0 bridgehead atoms. The summed E-state index contributed by atoms with van der Waals surface area (Å²) in [6.45, 7) is 10.7. The number of rotatable bonds is 7. The number of nitrogens with one attached hydrogen (secondary N) is 1. The van der Waals surface area contributed by atoms with Crippen LogP contribution in [0.15, 0.2) is 61.0 Å². The number of carbonyl (C=O) groups is 1. The normalized spacial score (nSPS) is 13.8. The number of amides is 1. The van der Waals surface area contributed by atoms with Crippen LogP contribution in [-0.2, 0) is 19.6 Å². The second-order valence-electron chi connectivity index (χ2n) is 6.82. The van der Waals surface area contributed by atoms with Gasteiger partial charge in [-0.3, -0.25) is 9.78 Å². The van der Waals surface area contributed by atoms with Gasteiger partial charge in [-0.25, -0.2) is 0 Å². The van der Waals surface area contributed by atoms with E-state index < -0.39 is 0 Å². The van der Waals surface area contributed by atoms with Crippen molar-refractivity contribution in [3.8, 4) is 0 Å². The number of fused-ring (bicyclic) bond motifs is 1. The van der Waals surface area contributed by atoms with Gasteiger partial charge in [-0.1, -0.05) is 36.4 Å². The second kappa shape index (κ2) is 8.11. The molecular weight excluding hydrogens is 322 g/mol. The van der Waals surface area contributed by atoms with Crippen LogP contribution < -0.4 is 5.32 Å². The summed E-state index contributed by atoms with van der Waals surface area (Å²) in [5, 5.41) is 3.46. The molecule has 1 aliphatic rings. The average Bonchev–Trinajstić information content (AvgIpc) is 2.92. The van der Waals surface area contributed by atoms with E-state index in [0.717, 1.165) is 35.4 Å². The number of aryl methyl sites for hydroxylation is 1. The molecule has 1 aliphatic heterocycles. The fraction of sp³-hybridized carbons (Fsp3) is 0.273. The summed E-state index contributed by atoms with van der Waals surface area (Å²) in [4.78, 5) is 18.7. The second-order valence-corrected chi connectivity index (χ2v) is 6.82. The molecule has 26 heavy (non-hydrogen) atoms. The molecule has 3 rings (SSSR count). The maximum atomic E-state index is 12.7. The molecule has 0 saturated carbocycles. The Morgan fingerprint density at radius 1 is 1.27 bits per heavy atom. The zero-order chi connectivity index (χ0) is 18.5. The molecule has 134 valence electrons. The Morgan fingerprint density at radius 3 is 2.73 bits per heavy atom. The van der Waals surface area contributed by atoms with Gasteiger partial charge in [-0.15, -0.1) is 0 Å². The summed E-state index contributed by atoms with van der Waals surface area (Å²) in [5.41, 5.74) is 6.61. The zero-order valence-electron chi connectivity index (χ0n) is 15.5. The van der Waals surface area contributed by atoms with Gasteiger partial charge in [0.25, 0.3) is 5.91 Å². The average molecular weight is 347 g/mol. The first-order valence-corrected chi connectivity index (χ1v) is 8.88. The van der Waals surface area contributed by atoms with Gasteiger partial charge in [0.1, 0.15) is 0 Å². The summed E-state index contributed by atoms with van der Waals surface area (Å²) in [6.07, 6.45) is 7.33. The van der Waals surface area contributed by atoms with Crippen molar-refractivity contribution in [1.82, 2.24) is 15.2 Å². The van der Waals surface area contributed by atoms with Crippen LogP contribution in [0.25, 0.3) is 0 Å². The topological polar surface area (TPSA) is 45.2 Å². The Kier molecular flexibility index (Phi) is 5.64. The maximum Gasteiger partial charge on any atom is 0.255 e. The summed E-state index contributed by atoms with van der Waals surface area (Å²) >= 11 is 0. The van der Waals surface area contributed by atoms with Crippen molar-refractivity contribution in [2.75, 3.05) is 6.54 Å². The zero-order valence-corrected chi connectivity index (χ0v) is 15.5. The summed E-state index contributed by atoms with van der Waals surface area (Å²) in [5.74, 6) is 0.130. The fourth-order valence-corrected chi connectivity index (χ4v) is 3.44. The minimum atomic E-state index is 0.130. The third-order valence-electron chi connectivity index (χ3n) is 4.59. The summed E-state index contributed by atoms with van der Waals surface area (Å²) in [7, 11) is 0. The summed E-state index contributed by atoms with van der Waals surface area (Å²) in [6, 6.07) is 8.30. The molecule has 0 radical (unpaired) electrons. The van der Waals surface area contributed by atoms with Crippen molar-refractivity contribution >= 4 is 5.91 Å². The van der Waals surface area contributed by atoms with E-state index in [-0.39, 0.29) is 5.91 Å². The highest BCUT2D eigenvalue weighted by atomic mass is 16.2. The fourth-order valence-electron chi connectivity index (χ4n) is 3.44. The SMILES string of the molecule is C=C/C=C(\C)CN1Cc2cc(CNCc3ccncc3)cc(C)c2C1=O. The molecule has 0 fully saturated rings. The van der Waals surface area contributed by atoms with E-state index in [1.54, 1.807) is 18.5 Å². The molecule has 4 nitrogen and oxygen atoms in total. The van der Waals surface area contributed by atoms with Gasteiger partial charge >= 0.3 is 0 Å². The molecule has 1 aromatic carbocycles. The Bertz CT molecular complexity index is 840. The van der Waals surface area contributed by atoms with E-state index >= 15 is 0 Å². The lowest BCUT2D eigenvalue weighted by atomic mass is 10.0. The molecule has 1 aromatic heterocycles. The quantitative estimate of drug-likeness (QED) is 0.776. The van der Waals surface area contributed by atoms with Crippen molar-refractivity contribution in [3.63, 3.8) is 0 Å². The highest BCUT2D eigenvalue weighted by Crippen LogP contribution is 2.28. The number of carbonyl (C=O) groups excluding carboxylic acids is 1. The van der Waals surface area contributed by atoms with Gasteiger partial charge in [-0.2, -0.15) is 0 Å². The molecule has 1 amide bonds. The lowest BCUT2D eigenvalue weighted by Crippen LogP contribution is -2.25. The lowest BCUT2D eigenvalue weighted by Gasteiger charge is -2.15. The van der Waals surface area contributed by atoms with Crippen molar-refractivity contribution in [2.24, 2.45) is 0 Å². The van der Waals surface area contributed by atoms with Crippen LogP contribution >= 0.6 is 0 Å². The molecule has 2 aromatic rings. The van der Waals surface area contributed by atoms with Crippen LogP contribution in [0.2, 0.25) is 0 Å². The van der Waals surface area contributed by atoms with Crippen molar-refractivity contribution in [2.45, 2.75) is 33.5 Å². The number of pyridine rings is 1. The predicted molar refractivity (Wildman–Crippen MR) is 105 cm³/mol. The van der Waals surface area contributed by atoms with E-state index in [0.29, 0.717) is 13.1 Å². The van der Waals surface area contributed by atoms with E-state index in [2.05, 4.69) is 29.0 Å². The van der Waals surface area contributed by atoms with E-state index in [1.165, 1.54) is 11.1 Å². The number of benzene rings is 1. The minimum absolute atomic E-state index is 0.130. The summed E-state index contributed by atoms with van der Waals surface area (Å²) < 4.78 is 0. The van der Waals surface area contributed by atoms with Gasteiger partial charge in [0, 0.05) is 44.1 Å². The monoisotopic (exact) mass is 347 g/mol. The molecule has 0 aliphatic carbocycles. The van der Waals surface area contributed by atoms with Crippen LogP contribution in [0.3, 0.4) is 0 Å². The van der Waals surface area contributed by atoms with E-state index in [1.807, 2.05) is 37.0 Å². The molecule has 0 spiro atoms. The number of nitrogens with zero attached hydrogens (tertiary/aromatic N) is 2. The molecule has 0 atom stereocenters.